The van der Waals surface area contributed by atoms with Crippen LogP contribution in [0.3, 0.4) is 0 Å². The molecule has 0 bridgehead atoms. The number of carbonyl (C=O) groups excluding carboxylic acids is 2. The van der Waals surface area contributed by atoms with Crippen LogP contribution in [0.1, 0.15) is 85.9 Å². The summed E-state index contributed by atoms with van der Waals surface area (Å²) in [6.45, 7) is 1.94. The van der Waals surface area contributed by atoms with E-state index in [4.69, 9.17) is 14.1 Å². The summed E-state index contributed by atoms with van der Waals surface area (Å²) in [5, 5.41) is 0.881. The molecule has 0 atom stereocenters. The quantitative estimate of drug-likeness (QED) is 0.323. The summed E-state index contributed by atoms with van der Waals surface area (Å²) in [5.74, 6) is 1.03. The Kier molecular flexibility index (Phi) is 7.65. The second kappa shape index (κ2) is 11.1. The van der Waals surface area contributed by atoms with E-state index in [1.165, 1.54) is 57.4 Å². The Bertz CT molecular complexity index is 1190. The van der Waals surface area contributed by atoms with Crippen LogP contribution in [-0.4, -0.2) is 41.1 Å². The van der Waals surface area contributed by atoms with Crippen molar-refractivity contribution in [2.24, 2.45) is 4.99 Å². The molecular formula is C29H34N2O4S. The number of benzene rings is 1. The molecule has 0 unspecified atom stereocenters. The molecule has 0 spiro atoms. The maximum absolute atomic E-state index is 13.6. The number of thioether (sulfide) groups is 1. The maximum Gasteiger partial charge on any atom is 0.337 e. The Morgan fingerprint density at radius 3 is 2.47 bits per heavy atom. The van der Waals surface area contributed by atoms with E-state index in [1.54, 1.807) is 12.1 Å². The summed E-state index contributed by atoms with van der Waals surface area (Å²) < 4.78 is 11.0. The topological polar surface area (TPSA) is 72.1 Å². The molecule has 36 heavy (non-hydrogen) atoms. The number of furan rings is 1. The normalized spacial score (nSPS) is 22.1. The third kappa shape index (κ3) is 5.31. The Labute approximate surface area is 217 Å². The summed E-state index contributed by atoms with van der Waals surface area (Å²) in [7, 11) is 1.38. The van der Waals surface area contributed by atoms with Crippen LogP contribution in [0.4, 0.5) is 0 Å². The number of esters is 1. The van der Waals surface area contributed by atoms with E-state index >= 15 is 0 Å². The molecule has 7 heteroatoms. The zero-order valence-electron chi connectivity index (χ0n) is 21.1. The van der Waals surface area contributed by atoms with Crippen LogP contribution in [0.2, 0.25) is 0 Å². The lowest BCUT2D eigenvalue weighted by Crippen LogP contribution is -2.41. The van der Waals surface area contributed by atoms with Gasteiger partial charge in [-0.15, -0.1) is 0 Å². The molecule has 0 radical (unpaired) electrons. The van der Waals surface area contributed by atoms with Crippen molar-refractivity contribution < 1.29 is 18.7 Å². The van der Waals surface area contributed by atoms with Gasteiger partial charge < -0.3 is 9.15 Å². The van der Waals surface area contributed by atoms with Gasteiger partial charge in [-0.05, 0) is 74.2 Å². The molecule has 1 aromatic heterocycles. The van der Waals surface area contributed by atoms with Gasteiger partial charge in [0.25, 0.3) is 5.91 Å². The zero-order valence-corrected chi connectivity index (χ0v) is 21.9. The predicted octanol–water partition coefficient (Wildman–Crippen LogP) is 6.98. The molecule has 2 aromatic rings. The van der Waals surface area contributed by atoms with Crippen molar-refractivity contribution in [3.05, 3.63) is 52.1 Å². The Hall–Kier alpha value is -2.80. The van der Waals surface area contributed by atoms with E-state index in [0.717, 1.165) is 42.0 Å². The number of hydrogen-bond acceptors (Lipinski definition) is 6. The standard InChI is InChI=1S/C29H34N2O4S/c1-19-17-20(28(33)34-2)13-15-24(19)25-16-14-23(35-25)18-26-27(32)31(22-11-7-4-8-12-22)29(36-26)30-21-9-5-3-6-10-21/h13-18,21-22H,3-12H2,1-2H3. The summed E-state index contributed by atoms with van der Waals surface area (Å²) in [6.07, 6.45) is 13.5. The van der Waals surface area contributed by atoms with Crippen LogP contribution in [0.5, 0.6) is 0 Å². The first kappa shape index (κ1) is 24.9. The minimum atomic E-state index is -0.362. The van der Waals surface area contributed by atoms with Crippen molar-refractivity contribution in [1.29, 1.82) is 0 Å². The summed E-state index contributed by atoms with van der Waals surface area (Å²) in [5.41, 5.74) is 2.33. The Balaban J connectivity index is 1.40. The number of aryl methyl sites for hydroxylation is 1. The van der Waals surface area contributed by atoms with Crippen molar-refractivity contribution in [3.8, 4) is 11.3 Å². The summed E-state index contributed by atoms with van der Waals surface area (Å²) >= 11 is 1.50. The minimum absolute atomic E-state index is 0.0537. The molecule has 190 valence electrons. The molecule has 1 aliphatic heterocycles. The van der Waals surface area contributed by atoms with E-state index < -0.39 is 0 Å². The second-order valence-corrected chi connectivity index (χ2v) is 11.0. The Morgan fingerprint density at radius 1 is 1.06 bits per heavy atom. The summed E-state index contributed by atoms with van der Waals surface area (Å²) in [6, 6.07) is 9.78. The van der Waals surface area contributed by atoms with E-state index in [-0.39, 0.29) is 17.9 Å². The third-order valence-electron chi connectivity index (χ3n) is 7.46. The Morgan fingerprint density at radius 2 is 1.78 bits per heavy atom. The highest BCUT2D eigenvalue weighted by Gasteiger charge is 2.39. The molecule has 2 heterocycles. The van der Waals surface area contributed by atoms with Gasteiger partial charge >= 0.3 is 5.97 Å². The smallest absolute Gasteiger partial charge is 0.337 e. The fraction of sp³-hybridized carbons (Fsp3) is 0.483. The van der Waals surface area contributed by atoms with Crippen LogP contribution in [0, 0.1) is 6.92 Å². The maximum atomic E-state index is 13.6. The lowest BCUT2D eigenvalue weighted by atomic mass is 9.94. The average molecular weight is 507 g/mol. The molecule has 2 aliphatic carbocycles. The van der Waals surface area contributed by atoms with Gasteiger partial charge in [-0.1, -0.05) is 44.6 Å². The number of hydrogen-bond donors (Lipinski definition) is 0. The molecule has 3 aliphatic rings. The van der Waals surface area contributed by atoms with Gasteiger partial charge in [0.1, 0.15) is 11.5 Å². The van der Waals surface area contributed by atoms with Crippen LogP contribution >= 0.6 is 11.8 Å². The number of amides is 1. The van der Waals surface area contributed by atoms with Crippen LogP contribution in [0.15, 0.2) is 44.6 Å². The molecule has 1 saturated heterocycles. The fourth-order valence-electron chi connectivity index (χ4n) is 5.49. The highest BCUT2D eigenvalue weighted by molar-refractivity contribution is 8.18. The van der Waals surface area contributed by atoms with E-state index in [0.29, 0.717) is 28.0 Å². The predicted molar refractivity (Wildman–Crippen MR) is 144 cm³/mol. The number of nitrogens with zero attached hydrogens (tertiary/aromatic N) is 2. The number of ether oxygens (including phenoxy) is 1. The van der Waals surface area contributed by atoms with Crippen LogP contribution in [-0.2, 0) is 9.53 Å². The SMILES string of the molecule is COC(=O)c1ccc(-c2ccc(C=C3SC(=NC4CCCCC4)N(C4CCCCC4)C3=O)o2)c(C)c1. The molecule has 3 fully saturated rings. The molecular weight excluding hydrogens is 472 g/mol. The second-order valence-electron chi connectivity index (χ2n) is 10.0. The first-order valence-electron chi connectivity index (χ1n) is 13.1. The zero-order chi connectivity index (χ0) is 25.1. The first-order valence-corrected chi connectivity index (χ1v) is 13.9. The number of carbonyl (C=O) groups is 2. The number of amidine groups is 1. The fourth-order valence-corrected chi connectivity index (χ4v) is 6.58. The number of rotatable bonds is 5. The van der Waals surface area contributed by atoms with E-state index in [1.807, 2.05) is 36.1 Å². The summed E-state index contributed by atoms with van der Waals surface area (Å²) in [4.78, 5) is 33.2. The van der Waals surface area contributed by atoms with E-state index in [9.17, 15) is 9.59 Å². The molecule has 2 saturated carbocycles. The highest BCUT2D eigenvalue weighted by Crippen LogP contribution is 2.39. The lowest BCUT2D eigenvalue weighted by molar-refractivity contribution is -0.124. The van der Waals surface area contributed by atoms with Gasteiger partial charge in [-0.2, -0.15) is 0 Å². The van der Waals surface area contributed by atoms with Gasteiger partial charge in [-0.3, -0.25) is 14.7 Å². The first-order chi connectivity index (χ1) is 17.5. The molecule has 1 aromatic carbocycles. The molecule has 0 N–H and O–H groups in total. The van der Waals surface area contributed by atoms with Crippen molar-refractivity contribution in [2.45, 2.75) is 83.2 Å². The van der Waals surface area contributed by atoms with Crippen molar-refractivity contribution in [1.82, 2.24) is 4.90 Å². The van der Waals surface area contributed by atoms with Gasteiger partial charge in [-0.25, -0.2) is 4.79 Å². The molecule has 5 rings (SSSR count). The van der Waals surface area contributed by atoms with Crippen LogP contribution < -0.4 is 0 Å². The lowest BCUT2D eigenvalue weighted by Gasteiger charge is -2.31. The van der Waals surface area contributed by atoms with E-state index in [2.05, 4.69) is 0 Å². The highest BCUT2D eigenvalue weighted by atomic mass is 32.2. The average Bonchev–Trinajstić information content (AvgIpc) is 3.48. The monoisotopic (exact) mass is 506 g/mol. The largest absolute Gasteiger partial charge is 0.465 e. The number of methoxy groups -OCH3 is 1. The number of aliphatic imine (C=N–C) groups is 1. The molecule has 6 nitrogen and oxygen atoms in total. The minimum Gasteiger partial charge on any atom is -0.465 e. The van der Waals surface area contributed by atoms with Gasteiger partial charge in [0.15, 0.2) is 5.17 Å². The van der Waals surface area contributed by atoms with Crippen molar-refractivity contribution >= 4 is 34.9 Å². The van der Waals surface area contributed by atoms with Crippen molar-refractivity contribution in [2.75, 3.05) is 7.11 Å². The van der Waals surface area contributed by atoms with Gasteiger partial charge in [0, 0.05) is 17.7 Å². The third-order valence-corrected chi connectivity index (χ3v) is 8.45. The molecule has 1 amide bonds. The van der Waals surface area contributed by atoms with Crippen molar-refractivity contribution in [3.63, 3.8) is 0 Å². The van der Waals surface area contributed by atoms with Gasteiger partial charge in [0.2, 0.25) is 0 Å². The van der Waals surface area contributed by atoms with Gasteiger partial charge in [0.05, 0.1) is 23.6 Å². The van der Waals surface area contributed by atoms with Crippen LogP contribution in [0.25, 0.3) is 17.4 Å².